The Balaban J connectivity index is 1.46. The van der Waals surface area contributed by atoms with Crippen molar-refractivity contribution >= 4 is 21.1 Å². The molecular formula is C26H25N3O3S. The number of hydrogen-bond acceptors (Lipinski definition) is 5. The Morgan fingerprint density at radius 3 is 2.58 bits per heavy atom. The van der Waals surface area contributed by atoms with Gasteiger partial charge >= 0.3 is 0 Å². The summed E-state index contributed by atoms with van der Waals surface area (Å²) in [6.07, 6.45) is 3.76. The first-order valence-corrected chi connectivity index (χ1v) is 12.6. The van der Waals surface area contributed by atoms with Gasteiger partial charge in [-0.05, 0) is 60.2 Å². The molecule has 0 aliphatic carbocycles. The number of rotatable bonds is 6. The summed E-state index contributed by atoms with van der Waals surface area (Å²) in [5.74, 6) is 0.390. The Morgan fingerprint density at radius 1 is 0.939 bits per heavy atom. The Kier molecular flexibility index (Phi) is 6.17. The van der Waals surface area contributed by atoms with Crippen LogP contribution in [0.25, 0.3) is 22.3 Å². The number of pyridine rings is 2. The van der Waals surface area contributed by atoms with Gasteiger partial charge in [0.2, 0.25) is 10.0 Å². The second kappa shape index (κ2) is 9.39. The lowest BCUT2D eigenvalue weighted by Crippen LogP contribution is -2.23. The number of sulfonamides is 1. The maximum absolute atomic E-state index is 12.9. The zero-order valence-electron chi connectivity index (χ0n) is 18.1. The molecule has 1 aliphatic heterocycles. The normalized spacial score (nSPS) is 15.0. The molecule has 1 saturated heterocycles. The summed E-state index contributed by atoms with van der Waals surface area (Å²) in [5, 5.41) is 0. The molecule has 0 spiro atoms. The van der Waals surface area contributed by atoms with E-state index < -0.39 is 10.0 Å². The highest BCUT2D eigenvalue weighted by Gasteiger charge is 2.20. The van der Waals surface area contributed by atoms with E-state index >= 15 is 0 Å². The molecule has 6 nitrogen and oxygen atoms in total. The van der Waals surface area contributed by atoms with Crippen LogP contribution in [0.1, 0.15) is 29.9 Å². The number of fused-ring (bicyclic) bond motifs is 1. The van der Waals surface area contributed by atoms with Crippen molar-refractivity contribution in [3.8, 4) is 11.3 Å². The fraction of sp³-hybridized carbons (Fsp3) is 0.231. The van der Waals surface area contributed by atoms with Crippen LogP contribution in [0.3, 0.4) is 0 Å². The molecule has 4 aromatic rings. The Morgan fingerprint density at radius 2 is 1.76 bits per heavy atom. The average Bonchev–Trinajstić information content (AvgIpc) is 2.88. The van der Waals surface area contributed by atoms with Gasteiger partial charge in [0.05, 0.1) is 21.6 Å². The fourth-order valence-electron chi connectivity index (χ4n) is 4.22. The molecule has 2 aromatic carbocycles. The lowest BCUT2D eigenvalue weighted by molar-refractivity contribution is 0.0855. The van der Waals surface area contributed by atoms with Crippen LogP contribution in [-0.2, 0) is 21.3 Å². The van der Waals surface area contributed by atoms with Crippen molar-refractivity contribution in [1.29, 1.82) is 0 Å². The molecule has 168 valence electrons. The topological polar surface area (TPSA) is 81.2 Å². The highest BCUT2D eigenvalue weighted by Crippen LogP contribution is 2.32. The summed E-state index contributed by atoms with van der Waals surface area (Å²) in [4.78, 5) is 9.62. The lowest BCUT2D eigenvalue weighted by atomic mass is 9.91. The van der Waals surface area contributed by atoms with Gasteiger partial charge in [0.25, 0.3) is 0 Å². The van der Waals surface area contributed by atoms with E-state index in [1.54, 1.807) is 18.2 Å². The third-order valence-corrected chi connectivity index (χ3v) is 7.42. The SMILES string of the molecule is O=S(=O)(NCc1ccccc1)c1cccc(-c2ccc3nccc(C4CCOCC4)c3n2)c1. The number of benzene rings is 2. The van der Waals surface area contributed by atoms with Gasteiger partial charge in [0, 0.05) is 31.5 Å². The maximum Gasteiger partial charge on any atom is 0.240 e. The van der Waals surface area contributed by atoms with Crippen molar-refractivity contribution in [1.82, 2.24) is 14.7 Å². The zero-order valence-corrected chi connectivity index (χ0v) is 19.0. The van der Waals surface area contributed by atoms with Crippen LogP contribution in [-0.4, -0.2) is 31.6 Å². The number of nitrogens with zero attached hydrogens (tertiary/aromatic N) is 2. The minimum atomic E-state index is -3.66. The van der Waals surface area contributed by atoms with Gasteiger partial charge in [0.15, 0.2) is 0 Å². The third-order valence-electron chi connectivity index (χ3n) is 6.03. The van der Waals surface area contributed by atoms with Crippen LogP contribution in [0, 0.1) is 0 Å². The van der Waals surface area contributed by atoms with Crippen LogP contribution in [0.4, 0.5) is 0 Å². The van der Waals surface area contributed by atoms with Crippen molar-refractivity contribution < 1.29 is 13.2 Å². The Bertz CT molecular complexity index is 1370. The molecule has 1 fully saturated rings. The highest BCUT2D eigenvalue weighted by molar-refractivity contribution is 7.89. The van der Waals surface area contributed by atoms with E-state index in [9.17, 15) is 8.42 Å². The largest absolute Gasteiger partial charge is 0.381 e. The molecule has 7 heteroatoms. The van der Waals surface area contributed by atoms with E-state index in [0.29, 0.717) is 5.92 Å². The molecule has 0 unspecified atom stereocenters. The van der Waals surface area contributed by atoms with E-state index in [2.05, 4.69) is 9.71 Å². The molecule has 2 aromatic heterocycles. The number of aromatic nitrogens is 2. The molecular weight excluding hydrogens is 434 g/mol. The second-order valence-corrected chi connectivity index (χ2v) is 9.96. The van der Waals surface area contributed by atoms with Gasteiger partial charge in [-0.2, -0.15) is 0 Å². The van der Waals surface area contributed by atoms with E-state index in [4.69, 9.17) is 9.72 Å². The molecule has 0 saturated carbocycles. The molecule has 0 bridgehead atoms. The van der Waals surface area contributed by atoms with Gasteiger partial charge in [-0.25, -0.2) is 18.1 Å². The van der Waals surface area contributed by atoms with Gasteiger partial charge < -0.3 is 4.74 Å². The maximum atomic E-state index is 12.9. The van der Waals surface area contributed by atoms with Crippen molar-refractivity contribution in [2.45, 2.75) is 30.2 Å². The van der Waals surface area contributed by atoms with E-state index in [0.717, 1.165) is 53.9 Å². The van der Waals surface area contributed by atoms with Crippen molar-refractivity contribution in [3.63, 3.8) is 0 Å². The summed E-state index contributed by atoms with van der Waals surface area (Å²) in [5.41, 5.74) is 5.28. The monoisotopic (exact) mass is 459 g/mol. The summed E-state index contributed by atoms with van der Waals surface area (Å²) >= 11 is 0. The first kappa shape index (κ1) is 21.7. The molecule has 0 radical (unpaired) electrons. The average molecular weight is 460 g/mol. The smallest absolute Gasteiger partial charge is 0.240 e. The molecule has 3 heterocycles. The van der Waals surface area contributed by atoms with Crippen molar-refractivity contribution in [2.75, 3.05) is 13.2 Å². The summed E-state index contributed by atoms with van der Waals surface area (Å²) in [7, 11) is -3.66. The first-order chi connectivity index (χ1) is 16.1. The van der Waals surface area contributed by atoms with Crippen molar-refractivity contribution in [3.05, 3.63) is 90.1 Å². The molecule has 1 aliphatic rings. The van der Waals surface area contributed by atoms with Crippen LogP contribution in [0.5, 0.6) is 0 Å². The van der Waals surface area contributed by atoms with Gasteiger partial charge in [-0.15, -0.1) is 0 Å². The summed E-state index contributed by atoms with van der Waals surface area (Å²) in [6.45, 7) is 1.75. The van der Waals surface area contributed by atoms with Gasteiger partial charge in [-0.1, -0.05) is 42.5 Å². The minimum absolute atomic E-state index is 0.216. The van der Waals surface area contributed by atoms with E-state index in [-0.39, 0.29) is 11.4 Å². The minimum Gasteiger partial charge on any atom is -0.381 e. The van der Waals surface area contributed by atoms with Crippen molar-refractivity contribution in [2.24, 2.45) is 0 Å². The number of nitrogens with one attached hydrogen (secondary N) is 1. The molecule has 0 atom stereocenters. The highest BCUT2D eigenvalue weighted by atomic mass is 32.2. The van der Waals surface area contributed by atoms with Gasteiger partial charge in [-0.3, -0.25) is 4.98 Å². The van der Waals surface area contributed by atoms with E-state index in [1.807, 2.05) is 60.8 Å². The summed E-state index contributed by atoms with van der Waals surface area (Å²) in [6, 6.07) is 22.3. The van der Waals surface area contributed by atoms with Crippen LogP contribution >= 0.6 is 0 Å². The predicted molar refractivity (Wildman–Crippen MR) is 128 cm³/mol. The fourth-order valence-corrected chi connectivity index (χ4v) is 5.29. The second-order valence-electron chi connectivity index (χ2n) is 8.19. The molecule has 5 rings (SSSR count). The third kappa shape index (κ3) is 4.80. The molecule has 33 heavy (non-hydrogen) atoms. The van der Waals surface area contributed by atoms with E-state index in [1.165, 1.54) is 5.56 Å². The number of ether oxygens (including phenoxy) is 1. The van der Waals surface area contributed by atoms with Crippen LogP contribution in [0.2, 0.25) is 0 Å². The quantitative estimate of drug-likeness (QED) is 0.453. The first-order valence-electron chi connectivity index (χ1n) is 11.1. The summed E-state index contributed by atoms with van der Waals surface area (Å²) < 4.78 is 34.0. The van der Waals surface area contributed by atoms with Gasteiger partial charge in [0.1, 0.15) is 0 Å². The molecule has 0 amide bonds. The standard InChI is InChI=1S/C26H25N3O3S/c30-33(31,28-18-19-5-2-1-3-6-19)22-8-4-7-21(17-22)24-9-10-25-26(29-24)23(11-14-27-25)20-12-15-32-16-13-20/h1-11,14,17,20,28H,12-13,15-16,18H2. The molecule has 1 N–H and O–H groups in total. The Hall–Kier alpha value is -3.13. The predicted octanol–water partition coefficient (Wildman–Crippen LogP) is 4.67. The lowest BCUT2D eigenvalue weighted by Gasteiger charge is -2.23. The van der Waals surface area contributed by atoms with Crippen LogP contribution < -0.4 is 4.72 Å². The zero-order chi connectivity index (χ0) is 22.7. The van der Waals surface area contributed by atoms with Crippen LogP contribution in [0.15, 0.2) is 83.9 Å². The number of hydrogen-bond donors (Lipinski definition) is 1. The Labute approximate surface area is 193 Å².